The zero-order valence-corrected chi connectivity index (χ0v) is 15.1. The Morgan fingerprint density at radius 1 is 1.04 bits per heavy atom. The highest BCUT2D eigenvalue weighted by atomic mass is 35.5. The largest absolute Gasteiger partial charge is 0.461 e. The lowest BCUT2D eigenvalue weighted by Crippen LogP contribution is -2.45. The van der Waals surface area contributed by atoms with E-state index in [0.29, 0.717) is 5.92 Å². The lowest BCUT2D eigenvalue weighted by atomic mass is 9.99. The lowest BCUT2D eigenvalue weighted by molar-refractivity contribution is -0.253. The summed E-state index contributed by atoms with van der Waals surface area (Å²) in [6.07, 6.45) is -5.98. The monoisotopic (exact) mass is 404 g/mol. The maximum atomic E-state index is 12.9. The van der Waals surface area contributed by atoms with Gasteiger partial charge < -0.3 is 10.1 Å². The number of nitrogens with one attached hydrogen (secondary N) is 1. The molecule has 144 valence electrons. The highest BCUT2D eigenvalue weighted by Gasteiger charge is 2.44. The molecule has 0 aromatic heterocycles. The molecule has 9 heteroatoms. The van der Waals surface area contributed by atoms with Crippen molar-refractivity contribution in [2.75, 3.05) is 26.2 Å². The molecule has 25 heavy (non-hydrogen) atoms. The van der Waals surface area contributed by atoms with Gasteiger partial charge in [-0.1, -0.05) is 12.1 Å². The first kappa shape index (κ1) is 22.3. The number of benzene rings is 1. The van der Waals surface area contributed by atoms with E-state index < -0.39 is 12.5 Å². The Morgan fingerprint density at radius 2 is 1.60 bits per heavy atom. The van der Waals surface area contributed by atoms with Gasteiger partial charge in [-0.05, 0) is 36.5 Å². The maximum absolute atomic E-state index is 12.9. The van der Waals surface area contributed by atoms with Crippen molar-refractivity contribution in [3.8, 4) is 5.75 Å². The van der Waals surface area contributed by atoms with Crippen LogP contribution in [0, 0.1) is 5.92 Å². The van der Waals surface area contributed by atoms with Crippen molar-refractivity contribution in [1.29, 1.82) is 0 Å². The van der Waals surface area contributed by atoms with E-state index in [0.717, 1.165) is 44.6 Å². The second-order valence-corrected chi connectivity index (χ2v) is 6.10. The first-order valence-electron chi connectivity index (χ1n) is 7.87. The van der Waals surface area contributed by atoms with Crippen LogP contribution < -0.4 is 10.1 Å². The molecule has 0 spiro atoms. The molecule has 0 radical (unpaired) electrons. The van der Waals surface area contributed by atoms with Crippen molar-refractivity contribution in [2.24, 2.45) is 5.92 Å². The number of halogens is 6. The molecule has 0 bridgehead atoms. The van der Waals surface area contributed by atoms with Crippen molar-refractivity contribution in [3.05, 3.63) is 29.8 Å². The Bertz CT molecular complexity index is 523. The second kappa shape index (κ2) is 9.26. The van der Waals surface area contributed by atoms with Crippen LogP contribution in [0.15, 0.2) is 24.3 Å². The van der Waals surface area contributed by atoms with Gasteiger partial charge in [0.2, 0.25) is 0 Å². The van der Waals surface area contributed by atoms with Gasteiger partial charge in [0, 0.05) is 32.2 Å². The number of nitrogens with zero attached hydrogens (tertiary/aromatic N) is 1. The van der Waals surface area contributed by atoms with Gasteiger partial charge in [-0.2, -0.15) is 17.6 Å². The van der Waals surface area contributed by atoms with E-state index >= 15 is 0 Å². The topological polar surface area (TPSA) is 24.5 Å². The standard InChI is InChI=1S/C16H20F4N2O.2ClH/c17-15(18)16(19,20)23-13-5-3-12(4-6-13)14(11-1-2-11)22-9-7-21-8-10-22;;/h3-6,11,14-15,21H,1-2,7-10H2;2*1H/t14-;;/m1../s1. The fourth-order valence-corrected chi connectivity index (χ4v) is 3.09. The van der Waals surface area contributed by atoms with Crippen LogP contribution >= 0.6 is 24.8 Å². The molecular formula is C16H22Cl2F4N2O. The molecule has 0 unspecified atom stereocenters. The predicted molar refractivity (Wildman–Crippen MR) is 92.4 cm³/mol. The smallest absolute Gasteiger partial charge is 0.428 e. The van der Waals surface area contributed by atoms with Gasteiger partial charge in [0.05, 0.1) is 0 Å². The minimum Gasteiger partial charge on any atom is -0.428 e. The van der Waals surface area contributed by atoms with Gasteiger partial charge in [-0.25, -0.2) is 0 Å². The number of alkyl halides is 4. The molecule has 3 rings (SSSR count). The van der Waals surface area contributed by atoms with Crippen molar-refractivity contribution >= 4 is 24.8 Å². The Labute approximate surface area is 156 Å². The Morgan fingerprint density at radius 3 is 2.08 bits per heavy atom. The highest BCUT2D eigenvalue weighted by Crippen LogP contribution is 2.45. The molecule has 1 saturated heterocycles. The summed E-state index contributed by atoms with van der Waals surface area (Å²) in [6.45, 7) is 3.77. The molecule has 1 aliphatic heterocycles. The zero-order valence-electron chi connectivity index (χ0n) is 13.5. The summed E-state index contributed by atoms with van der Waals surface area (Å²) >= 11 is 0. The van der Waals surface area contributed by atoms with Gasteiger partial charge >= 0.3 is 12.5 Å². The second-order valence-electron chi connectivity index (χ2n) is 6.10. The summed E-state index contributed by atoms with van der Waals surface area (Å²) in [5.74, 6) is 0.344. The predicted octanol–water partition coefficient (Wildman–Crippen LogP) is 4.12. The van der Waals surface area contributed by atoms with Crippen LogP contribution in [0.1, 0.15) is 24.4 Å². The van der Waals surface area contributed by atoms with Crippen LogP contribution in [-0.2, 0) is 0 Å². The van der Waals surface area contributed by atoms with Gasteiger partial charge in [0.25, 0.3) is 0 Å². The van der Waals surface area contributed by atoms with Gasteiger partial charge in [-0.15, -0.1) is 24.8 Å². The lowest BCUT2D eigenvalue weighted by Gasteiger charge is -2.35. The summed E-state index contributed by atoms with van der Waals surface area (Å²) < 4.78 is 54.3. The Kier molecular flexibility index (Phi) is 8.25. The number of hydrogen-bond donors (Lipinski definition) is 1. The fraction of sp³-hybridized carbons (Fsp3) is 0.625. The Balaban J connectivity index is 0.00000156. The van der Waals surface area contributed by atoms with Gasteiger partial charge in [-0.3, -0.25) is 4.90 Å². The van der Waals surface area contributed by atoms with E-state index in [4.69, 9.17) is 0 Å². The minimum absolute atomic E-state index is 0. The van der Waals surface area contributed by atoms with Crippen LogP contribution in [0.25, 0.3) is 0 Å². The van der Waals surface area contributed by atoms with Crippen LogP contribution in [0.2, 0.25) is 0 Å². The van der Waals surface area contributed by atoms with Crippen LogP contribution in [0.4, 0.5) is 17.6 Å². The minimum atomic E-state index is -4.46. The third-order valence-corrected chi connectivity index (χ3v) is 4.34. The van der Waals surface area contributed by atoms with Crippen LogP contribution in [0.3, 0.4) is 0 Å². The number of rotatable bonds is 6. The van der Waals surface area contributed by atoms with E-state index in [1.807, 2.05) is 0 Å². The van der Waals surface area contributed by atoms with E-state index in [1.165, 1.54) is 12.1 Å². The first-order valence-corrected chi connectivity index (χ1v) is 7.87. The third kappa shape index (κ3) is 5.61. The molecule has 1 saturated carbocycles. The first-order chi connectivity index (χ1) is 11.0. The highest BCUT2D eigenvalue weighted by molar-refractivity contribution is 5.85. The van der Waals surface area contributed by atoms with Crippen LogP contribution in [-0.4, -0.2) is 43.6 Å². The van der Waals surface area contributed by atoms with Crippen molar-refractivity contribution in [2.45, 2.75) is 31.4 Å². The van der Waals surface area contributed by atoms with Gasteiger partial charge in [0.15, 0.2) is 0 Å². The van der Waals surface area contributed by atoms with Crippen molar-refractivity contribution in [1.82, 2.24) is 10.2 Å². The fourth-order valence-electron chi connectivity index (χ4n) is 3.09. The summed E-state index contributed by atoms with van der Waals surface area (Å²) in [6, 6.07) is 6.39. The molecule has 2 fully saturated rings. The van der Waals surface area contributed by atoms with Crippen LogP contribution in [0.5, 0.6) is 5.75 Å². The Hall–Kier alpha value is -0.760. The SMILES string of the molecule is Cl.Cl.FC(F)C(F)(F)Oc1ccc([C@@H](C2CC2)N2CCNCC2)cc1. The molecule has 1 heterocycles. The normalized spacial score (nSPS) is 19.7. The molecule has 2 aliphatic rings. The van der Waals surface area contributed by atoms with E-state index in [1.54, 1.807) is 12.1 Å². The molecule has 1 N–H and O–H groups in total. The number of hydrogen-bond acceptors (Lipinski definition) is 3. The van der Waals surface area contributed by atoms with E-state index in [9.17, 15) is 17.6 Å². The number of ether oxygens (including phenoxy) is 1. The summed E-state index contributed by atoms with van der Waals surface area (Å²) in [7, 11) is 0. The molecule has 1 aromatic carbocycles. The zero-order chi connectivity index (χ0) is 16.4. The van der Waals surface area contributed by atoms with Crippen molar-refractivity contribution in [3.63, 3.8) is 0 Å². The summed E-state index contributed by atoms with van der Waals surface area (Å²) in [5.41, 5.74) is 1.03. The quantitative estimate of drug-likeness (QED) is 0.721. The molecule has 1 aromatic rings. The van der Waals surface area contributed by atoms with Gasteiger partial charge in [0.1, 0.15) is 5.75 Å². The summed E-state index contributed by atoms with van der Waals surface area (Å²) in [4.78, 5) is 2.40. The van der Waals surface area contributed by atoms with Crippen molar-refractivity contribution < 1.29 is 22.3 Å². The molecule has 1 atom stereocenters. The molecule has 0 amide bonds. The third-order valence-electron chi connectivity index (χ3n) is 4.34. The molecule has 3 nitrogen and oxygen atoms in total. The summed E-state index contributed by atoms with van der Waals surface area (Å²) in [5, 5.41) is 3.31. The van der Waals surface area contributed by atoms with E-state index in [2.05, 4.69) is 15.0 Å². The number of piperazine rings is 1. The molecule has 1 aliphatic carbocycles. The van der Waals surface area contributed by atoms with E-state index in [-0.39, 0.29) is 36.6 Å². The maximum Gasteiger partial charge on any atom is 0.461 e. The average molecular weight is 405 g/mol. The average Bonchev–Trinajstić information content (AvgIpc) is 3.35. The molecular weight excluding hydrogens is 383 g/mol.